The largest absolute Gasteiger partial charge is 0.352 e. The van der Waals surface area contributed by atoms with Gasteiger partial charge in [-0.05, 0) is 63.5 Å². The number of rotatable bonds is 6. The molecule has 2 aliphatic heterocycles. The second-order valence-corrected chi connectivity index (χ2v) is 7.70. The van der Waals surface area contributed by atoms with E-state index in [1.807, 2.05) is 0 Å². The summed E-state index contributed by atoms with van der Waals surface area (Å²) in [5, 5.41) is 6.67. The van der Waals surface area contributed by atoms with Crippen LogP contribution < -0.4 is 10.6 Å². The van der Waals surface area contributed by atoms with Gasteiger partial charge in [-0.15, -0.1) is 0 Å². The smallest absolute Gasteiger partial charge is 0.220 e. The van der Waals surface area contributed by atoms with Crippen molar-refractivity contribution in [2.45, 2.75) is 63.8 Å². The average Bonchev–Trinajstić information content (AvgIpc) is 3.19. The fraction of sp³-hybridized carbons (Fsp3) is 0.944. The molecule has 3 aliphatic rings. The first kappa shape index (κ1) is 16.3. The molecule has 0 bridgehead atoms. The molecular weight excluding hydrogens is 274 g/mol. The van der Waals surface area contributed by atoms with E-state index in [2.05, 4.69) is 15.5 Å². The summed E-state index contributed by atoms with van der Waals surface area (Å²) in [6, 6.07) is 0.405. The predicted molar refractivity (Wildman–Crippen MR) is 89.8 cm³/mol. The maximum atomic E-state index is 12.1. The highest BCUT2D eigenvalue weighted by molar-refractivity contribution is 5.76. The van der Waals surface area contributed by atoms with Crippen LogP contribution in [0.1, 0.15) is 57.8 Å². The van der Waals surface area contributed by atoms with Gasteiger partial charge in [0, 0.05) is 32.1 Å². The summed E-state index contributed by atoms with van der Waals surface area (Å²) in [5.41, 5.74) is 0. The van der Waals surface area contributed by atoms with E-state index >= 15 is 0 Å². The highest BCUT2D eigenvalue weighted by atomic mass is 16.1. The number of amides is 1. The molecule has 22 heavy (non-hydrogen) atoms. The van der Waals surface area contributed by atoms with Gasteiger partial charge >= 0.3 is 0 Å². The minimum Gasteiger partial charge on any atom is -0.352 e. The molecule has 2 N–H and O–H groups in total. The first-order valence-electron chi connectivity index (χ1n) is 9.52. The van der Waals surface area contributed by atoms with Crippen molar-refractivity contribution in [2.75, 3.05) is 32.7 Å². The summed E-state index contributed by atoms with van der Waals surface area (Å²) in [6.45, 7) is 5.78. The third-order valence-electron chi connectivity index (χ3n) is 5.87. The number of carbonyl (C=O) groups excluding carboxylic acids is 1. The predicted octanol–water partition coefficient (Wildman–Crippen LogP) is 2.15. The molecule has 1 atom stereocenters. The molecule has 2 heterocycles. The molecule has 1 saturated carbocycles. The Labute approximate surface area is 135 Å². The lowest BCUT2D eigenvalue weighted by atomic mass is 9.93. The number of hydrogen-bond acceptors (Lipinski definition) is 3. The molecule has 126 valence electrons. The fourth-order valence-electron chi connectivity index (χ4n) is 4.48. The minimum atomic E-state index is 0.284. The topological polar surface area (TPSA) is 44.4 Å². The fourth-order valence-corrected chi connectivity index (χ4v) is 4.48. The number of likely N-dealkylation sites (tertiary alicyclic amines) is 1. The van der Waals surface area contributed by atoms with Gasteiger partial charge < -0.3 is 15.5 Å². The maximum Gasteiger partial charge on any atom is 0.220 e. The molecular formula is C18H33N3O. The lowest BCUT2D eigenvalue weighted by molar-refractivity contribution is -0.122. The third kappa shape index (κ3) is 4.95. The monoisotopic (exact) mass is 307 g/mol. The number of piperidine rings is 1. The van der Waals surface area contributed by atoms with Gasteiger partial charge in [0.05, 0.1) is 0 Å². The van der Waals surface area contributed by atoms with Crippen LogP contribution in [0.2, 0.25) is 0 Å². The van der Waals surface area contributed by atoms with Gasteiger partial charge in [0.25, 0.3) is 0 Å². The first-order chi connectivity index (χ1) is 10.8. The SMILES string of the molecule is O=C(CCC1CCNCC1)NC1CCN(CC2CCCC2)C1. The number of hydrogen-bond donors (Lipinski definition) is 2. The van der Waals surface area contributed by atoms with E-state index in [0.29, 0.717) is 6.04 Å². The van der Waals surface area contributed by atoms with Gasteiger partial charge in [-0.1, -0.05) is 12.8 Å². The van der Waals surface area contributed by atoms with Crippen molar-refractivity contribution in [3.63, 3.8) is 0 Å². The average molecular weight is 307 g/mol. The molecule has 0 radical (unpaired) electrons. The summed E-state index contributed by atoms with van der Waals surface area (Å²) in [7, 11) is 0. The Morgan fingerprint density at radius 1 is 1.05 bits per heavy atom. The van der Waals surface area contributed by atoms with Crippen LogP contribution in [0.25, 0.3) is 0 Å². The van der Waals surface area contributed by atoms with Crippen LogP contribution in [-0.2, 0) is 4.79 Å². The zero-order valence-electron chi connectivity index (χ0n) is 14.0. The van der Waals surface area contributed by atoms with Crippen molar-refractivity contribution in [1.29, 1.82) is 0 Å². The first-order valence-corrected chi connectivity index (χ1v) is 9.52. The molecule has 0 aromatic carbocycles. The molecule has 0 aromatic heterocycles. The highest BCUT2D eigenvalue weighted by Gasteiger charge is 2.27. The Bertz CT molecular complexity index is 348. The van der Waals surface area contributed by atoms with Crippen LogP contribution >= 0.6 is 0 Å². The molecule has 3 rings (SSSR count). The van der Waals surface area contributed by atoms with E-state index in [1.165, 1.54) is 51.6 Å². The lowest BCUT2D eigenvalue weighted by Crippen LogP contribution is -2.38. The third-order valence-corrected chi connectivity index (χ3v) is 5.87. The Balaban J connectivity index is 1.30. The van der Waals surface area contributed by atoms with Crippen molar-refractivity contribution in [1.82, 2.24) is 15.5 Å². The summed E-state index contributed by atoms with van der Waals surface area (Å²) in [6.07, 6.45) is 11.1. The number of nitrogens with one attached hydrogen (secondary N) is 2. The minimum absolute atomic E-state index is 0.284. The van der Waals surface area contributed by atoms with E-state index in [9.17, 15) is 4.79 Å². The van der Waals surface area contributed by atoms with Crippen LogP contribution in [0.15, 0.2) is 0 Å². The second kappa shape index (κ2) is 8.30. The Kier molecular flexibility index (Phi) is 6.13. The molecule has 4 nitrogen and oxygen atoms in total. The van der Waals surface area contributed by atoms with Gasteiger partial charge in [0.1, 0.15) is 0 Å². The summed E-state index contributed by atoms with van der Waals surface area (Å²) < 4.78 is 0. The van der Waals surface area contributed by atoms with Crippen LogP contribution in [0.4, 0.5) is 0 Å². The molecule has 3 fully saturated rings. The van der Waals surface area contributed by atoms with E-state index in [0.717, 1.165) is 50.7 Å². The van der Waals surface area contributed by atoms with Crippen LogP contribution in [-0.4, -0.2) is 49.6 Å². The van der Waals surface area contributed by atoms with Crippen molar-refractivity contribution in [3.05, 3.63) is 0 Å². The number of nitrogens with zero attached hydrogens (tertiary/aromatic N) is 1. The standard InChI is InChI=1S/C18H33N3O/c22-18(6-5-15-7-10-19-11-8-15)20-17-9-12-21(14-17)13-16-3-1-2-4-16/h15-17,19H,1-14H2,(H,20,22). The summed E-state index contributed by atoms with van der Waals surface area (Å²) in [4.78, 5) is 14.7. The Morgan fingerprint density at radius 3 is 2.59 bits per heavy atom. The van der Waals surface area contributed by atoms with Crippen molar-refractivity contribution in [3.8, 4) is 0 Å². The maximum absolute atomic E-state index is 12.1. The summed E-state index contributed by atoms with van der Waals surface area (Å²) >= 11 is 0. The molecule has 0 spiro atoms. The Morgan fingerprint density at radius 2 is 1.82 bits per heavy atom. The van der Waals surface area contributed by atoms with Gasteiger partial charge in [0.2, 0.25) is 5.91 Å². The molecule has 1 aliphatic carbocycles. The summed E-state index contributed by atoms with van der Waals surface area (Å²) in [5.74, 6) is 1.97. The van der Waals surface area contributed by atoms with Gasteiger partial charge in [-0.3, -0.25) is 4.79 Å². The van der Waals surface area contributed by atoms with Crippen LogP contribution in [0, 0.1) is 11.8 Å². The van der Waals surface area contributed by atoms with Crippen molar-refractivity contribution in [2.24, 2.45) is 11.8 Å². The van der Waals surface area contributed by atoms with Gasteiger partial charge in [-0.2, -0.15) is 0 Å². The molecule has 1 amide bonds. The van der Waals surface area contributed by atoms with Crippen LogP contribution in [0.3, 0.4) is 0 Å². The zero-order chi connectivity index (χ0) is 15.2. The van der Waals surface area contributed by atoms with E-state index < -0.39 is 0 Å². The van der Waals surface area contributed by atoms with E-state index in [-0.39, 0.29) is 5.91 Å². The Hall–Kier alpha value is -0.610. The van der Waals surface area contributed by atoms with Crippen molar-refractivity contribution >= 4 is 5.91 Å². The van der Waals surface area contributed by atoms with Gasteiger partial charge in [0.15, 0.2) is 0 Å². The van der Waals surface area contributed by atoms with Crippen LogP contribution in [0.5, 0.6) is 0 Å². The second-order valence-electron chi connectivity index (χ2n) is 7.70. The normalized spacial score (nSPS) is 28.3. The molecule has 2 saturated heterocycles. The van der Waals surface area contributed by atoms with Crippen molar-refractivity contribution < 1.29 is 4.79 Å². The molecule has 4 heteroatoms. The molecule has 0 aromatic rings. The van der Waals surface area contributed by atoms with E-state index in [1.54, 1.807) is 0 Å². The molecule has 1 unspecified atom stereocenters. The number of carbonyl (C=O) groups is 1. The lowest BCUT2D eigenvalue weighted by Gasteiger charge is -2.23. The quantitative estimate of drug-likeness (QED) is 0.790. The zero-order valence-corrected chi connectivity index (χ0v) is 14.0. The highest BCUT2D eigenvalue weighted by Crippen LogP contribution is 2.26. The van der Waals surface area contributed by atoms with Gasteiger partial charge in [-0.25, -0.2) is 0 Å². The van der Waals surface area contributed by atoms with E-state index in [4.69, 9.17) is 0 Å².